The van der Waals surface area contributed by atoms with Crippen LogP contribution < -0.4 is 0 Å². The van der Waals surface area contributed by atoms with Gasteiger partial charge in [-0.3, -0.25) is 14.4 Å². The van der Waals surface area contributed by atoms with Crippen molar-refractivity contribution in [1.82, 2.24) is 0 Å². The quantitative estimate of drug-likeness (QED) is 0.0346. The standard InChI is InChI=1S/C52H100O6/c1-4-7-10-13-16-19-21-23-25-27-28-30-33-36-39-42-45-51(54)57-48-49(47-56-50(53)44-41-38-35-32-18-15-12-9-6-3)58-52(55)46-43-40-37-34-31-29-26-24-22-20-17-14-11-8-5-2/h49H,4-48H2,1-3H3/t49-/m1/s1. The average Bonchev–Trinajstić information content (AvgIpc) is 3.22. The van der Waals surface area contributed by atoms with Crippen LogP contribution in [0, 0.1) is 0 Å². The zero-order valence-electron chi connectivity index (χ0n) is 39.3. The summed E-state index contributed by atoms with van der Waals surface area (Å²) < 4.78 is 16.8. The molecule has 0 saturated heterocycles. The van der Waals surface area contributed by atoms with E-state index in [-0.39, 0.29) is 31.1 Å². The minimum atomic E-state index is -0.759. The van der Waals surface area contributed by atoms with Crippen LogP contribution in [0.2, 0.25) is 0 Å². The maximum atomic E-state index is 12.8. The van der Waals surface area contributed by atoms with Gasteiger partial charge in [0.1, 0.15) is 13.2 Å². The summed E-state index contributed by atoms with van der Waals surface area (Å²) in [6.45, 7) is 6.67. The molecule has 0 saturated carbocycles. The molecule has 0 rings (SSSR count). The number of carbonyl (C=O) groups is 3. The van der Waals surface area contributed by atoms with E-state index in [2.05, 4.69) is 20.8 Å². The minimum absolute atomic E-state index is 0.0619. The number of rotatable bonds is 48. The molecule has 344 valence electrons. The monoisotopic (exact) mass is 821 g/mol. The summed E-state index contributed by atoms with van der Waals surface area (Å²) in [7, 11) is 0. The van der Waals surface area contributed by atoms with E-state index in [1.807, 2.05) is 0 Å². The maximum absolute atomic E-state index is 12.8. The highest BCUT2D eigenvalue weighted by Crippen LogP contribution is 2.17. The van der Waals surface area contributed by atoms with E-state index in [0.717, 1.165) is 57.8 Å². The SMILES string of the molecule is CCCCCCCCCCCCCCCCCCC(=O)OC[C@@H](COC(=O)CCCCCCCCCCC)OC(=O)CCCCCCCCCCCCCCCCC. The van der Waals surface area contributed by atoms with E-state index in [1.165, 1.54) is 199 Å². The van der Waals surface area contributed by atoms with E-state index in [1.54, 1.807) is 0 Å². The maximum Gasteiger partial charge on any atom is 0.306 e. The van der Waals surface area contributed by atoms with Crippen LogP contribution in [-0.2, 0) is 28.6 Å². The molecule has 0 N–H and O–H groups in total. The lowest BCUT2D eigenvalue weighted by molar-refractivity contribution is -0.167. The first-order valence-electron chi connectivity index (χ1n) is 26.0. The first-order valence-corrected chi connectivity index (χ1v) is 26.0. The fourth-order valence-corrected chi connectivity index (χ4v) is 7.92. The highest BCUT2D eigenvalue weighted by molar-refractivity contribution is 5.71. The second-order valence-corrected chi connectivity index (χ2v) is 17.8. The summed E-state index contributed by atoms with van der Waals surface area (Å²) in [6, 6.07) is 0. The van der Waals surface area contributed by atoms with Crippen molar-refractivity contribution in [3.05, 3.63) is 0 Å². The van der Waals surface area contributed by atoms with Crippen molar-refractivity contribution >= 4 is 17.9 Å². The Morgan fingerprint density at radius 2 is 0.466 bits per heavy atom. The third-order valence-corrected chi connectivity index (χ3v) is 11.9. The van der Waals surface area contributed by atoms with Gasteiger partial charge in [-0.2, -0.15) is 0 Å². The molecule has 0 bridgehead atoms. The first kappa shape index (κ1) is 56.4. The molecular formula is C52H100O6. The Hall–Kier alpha value is -1.59. The van der Waals surface area contributed by atoms with Crippen LogP contribution in [0.5, 0.6) is 0 Å². The summed E-state index contributed by atoms with van der Waals surface area (Å²) in [4.78, 5) is 37.9. The van der Waals surface area contributed by atoms with Gasteiger partial charge < -0.3 is 14.2 Å². The molecule has 0 aliphatic heterocycles. The largest absolute Gasteiger partial charge is 0.462 e. The van der Waals surface area contributed by atoms with Gasteiger partial charge in [-0.1, -0.05) is 258 Å². The van der Waals surface area contributed by atoms with E-state index in [4.69, 9.17) is 14.2 Å². The Morgan fingerprint density at radius 1 is 0.276 bits per heavy atom. The predicted octanol–water partition coefficient (Wildman–Crippen LogP) is 16.8. The van der Waals surface area contributed by atoms with Gasteiger partial charge in [0.2, 0.25) is 0 Å². The molecule has 0 amide bonds. The highest BCUT2D eigenvalue weighted by Gasteiger charge is 2.19. The molecule has 0 aliphatic rings. The zero-order chi connectivity index (χ0) is 42.3. The molecule has 1 atom stereocenters. The summed E-state index contributed by atoms with van der Waals surface area (Å²) in [5.74, 6) is -0.843. The smallest absolute Gasteiger partial charge is 0.306 e. The van der Waals surface area contributed by atoms with Crippen molar-refractivity contribution < 1.29 is 28.6 Å². The number of carbonyl (C=O) groups excluding carboxylic acids is 3. The van der Waals surface area contributed by atoms with Gasteiger partial charge in [0.25, 0.3) is 0 Å². The first-order chi connectivity index (χ1) is 28.5. The van der Waals surface area contributed by atoms with Gasteiger partial charge in [0.05, 0.1) is 0 Å². The summed E-state index contributed by atoms with van der Waals surface area (Å²) in [5, 5.41) is 0. The summed E-state index contributed by atoms with van der Waals surface area (Å²) >= 11 is 0. The molecule has 58 heavy (non-hydrogen) atoms. The Morgan fingerprint density at radius 3 is 0.690 bits per heavy atom. The van der Waals surface area contributed by atoms with Crippen LogP contribution in [0.3, 0.4) is 0 Å². The third-order valence-electron chi connectivity index (χ3n) is 11.9. The van der Waals surface area contributed by atoms with Gasteiger partial charge >= 0.3 is 17.9 Å². The molecule has 0 unspecified atom stereocenters. The molecule has 6 heteroatoms. The molecular weight excluding hydrogens is 721 g/mol. The molecule has 0 aromatic heterocycles. The fourth-order valence-electron chi connectivity index (χ4n) is 7.92. The van der Waals surface area contributed by atoms with Crippen LogP contribution in [0.25, 0.3) is 0 Å². The van der Waals surface area contributed by atoms with Gasteiger partial charge in [-0.15, -0.1) is 0 Å². The molecule has 0 heterocycles. The number of hydrogen-bond donors (Lipinski definition) is 0. The van der Waals surface area contributed by atoms with Crippen molar-refractivity contribution in [2.45, 2.75) is 303 Å². The molecule has 0 fully saturated rings. The number of hydrogen-bond acceptors (Lipinski definition) is 6. The molecule has 6 nitrogen and oxygen atoms in total. The fraction of sp³-hybridized carbons (Fsp3) is 0.942. The van der Waals surface area contributed by atoms with Crippen LogP contribution in [0.15, 0.2) is 0 Å². The zero-order valence-corrected chi connectivity index (χ0v) is 39.3. The van der Waals surface area contributed by atoms with E-state index in [9.17, 15) is 14.4 Å². The lowest BCUT2D eigenvalue weighted by Gasteiger charge is -2.18. The molecule has 0 spiro atoms. The second-order valence-electron chi connectivity index (χ2n) is 17.8. The number of esters is 3. The van der Waals surface area contributed by atoms with Crippen molar-refractivity contribution in [3.8, 4) is 0 Å². The Labute approximate surface area is 361 Å². The lowest BCUT2D eigenvalue weighted by atomic mass is 10.0. The van der Waals surface area contributed by atoms with E-state index < -0.39 is 6.10 Å². The summed E-state index contributed by atoms with van der Waals surface area (Å²) in [5.41, 5.74) is 0. The lowest BCUT2D eigenvalue weighted by Crippen LogP contribution is -2.30. The van der Waals surface area contributed by atoms with Crippen LogP contribution in [0.4, 0.5) is 0 Å². The van der Waals surface area contributed by atoms with Crippen molar-refractivity contribution in [2.24, 2.45) is 0 Å². The van der Waals surface area contributed by atoms with E-state index >= 15 is 0 Å². The Bertz CT molecular complexity index is 859. The number of ether oxygens (including phenoxy) is 3. The van der Waals surface area contributed by atoms with Crippen molar-refractivity contribution in [3.63, 3.8) is 0 Å². The molecule has 0 aliphatic carbocycles. The Kier molecular flexibility index (Phi) is 46.8. The van der Waals surface area contributed by atoms with Gasteiger partial charge in [-0.05, 0) is 19.3 Å². The van der Waals surface area contributed by atoms with Gasteiger partial charge in [-0.25, -0.2) is 0 Å². The molecule has 0 aromatic rings. The predicted molar refractivity (Wildman–Crippen MR) is 247 cm³/mol. The van der Waals surface area contributed by atoms with Crippen LogP contribution >= 0.6 is 0 Å². The van der Waals surface area contributed by atoms with Gasteiger partial charge in [0.15, 0.2) is 6.10 Å². The summed E-state index contributed by atoms with van der Waals surface area (Å²) in [6.07, 6.45) is 50.9. The normalized spacial score (nSPS) is 11.8. The van der Waals surface area contributed by atoms with Crippen LogP contribution in [0.1, 0.15) is 297 Å². The topological polar surface area (TPSA) is 78.9 Å². The minimum Gasteiger partial charge on any atom is -0.462 e. The van der Waals surface area contributed by atoms with Gasteiger partial charge in [0, 0.05) is 19.3 Å². The number of unbranched alkanes of at least 4 members (excludes halogenated alkanes) is 37. The second kappa shape index (κ2) is 48.1. The molecule has 0 aromatic carbocycles. The average molecular weight is 821 g/mol. The van der Waals surface area contributed by atoms with Crippen LogP contribution in [-0.4, -0.2) is 37.2 Å². The molecule has 0 radical (unpaired) electrons. The third kappa shape index (κ3) is 45.5. The van der Waals surface area contributed by atoms with Crippen molar-refractivity contribution in [2.75, 3.05) is 13.2 Å². The Balaban J connectivity index is 4.25. The van der Waals surface area contributed by atoms with Crippen molar-refractivity contribution in [1.29, 1.82) is 0 Å². The highest BCUT2D eigenvalue weighted by atomic mass is 16.6. The van der Waals surface area contributed by atoms with E-state index in [0.29, 0.717) is 19.3 Å².